The Morgan fingerprint density at radius 3 is 2.90 bits per heavy atom. The van der Waals surface area contributed by atoms with Crippen molar-refractivity contribution >= 4 is 33.7 Å². The highest BCUT2D eigenvalue weighted by Gasteiger charge is 2.22. The number of nitrogens with one attached hydrogen (secondary N) is 1. The van der Waals surface area contributed by atoms with Crippen molar-refractivity contribution < 1.29 is 18.3 Å². The van der Waals surface area contributed by atoms with E-state index in [9.17, 15) is 13.6 Å². The molecular formula is C21H20F2N2O3S. The average Bonchev–Trinajstić information content (AvgIpc) is 3.03. The number of thiophene rings is 1. The number of nitrogens with zero attached hydrogens (tertiary/aromatic N) is 1. The Morgan fingerprint density at radius 1 is 1.31 bits per heavy atom. The van der Waals surface area contributed by atoms with E-state index in [4.69, 9.17) is 4.74 Å². The number of alkyl halides is 2. The van der Waals surface area contributed by atoms with Crippen LogP contribution in [-0.2, 0) is 12.8 Å². The van der Waals surface area contributed by atoms with Crippen LogP contribution in [0.15, 0.2) is 23.0 Å². The molecule has 0 saturated carbocycles. The van der Waals surface area contributed by atoms with Gasteiger partial charge in [-0.1, -0.05) is 19.1 Å². The summed E-state index contributed by atoms with van der Waals surface area (Å²) in [5, 5.41) is 0.700. The fourth-order valence-electron chi connectivity index (χ4n) is 3.60. The Labute approximate surface area is 170 Å². The molecule has 0 bridgehead atoms. The molecule has 0 saturated heterocycles. The number of hydrogen-bond donors (Lipinski definition) is 1. The first-order valence-corrected chi connectivity index (χ1v) is 10.1. The quantitative estimate of drug-likeness (QED) is 0.641. The molecule has 0 fully saturated rings. The van der Waals surface area contributed by atoms with Crippen molar-refractivity contribution in [3.63, 3.8) is 0 Å². The molecule has 1 aliphatic rings. The van der Waals surface area contributed by atoms with E-state index in [0.29, 0.717) is 22.7 Å². The number of halogens is 2. The van der Waals surface area contributed by atoms with Crippen LogP contribution in [0.1, 0.15) is 35.2 Å². The van der Waals surface area contributed by atoms with Crippen molar-refractivity contribution in [3.05, 3.63) is 50.4 Å². The van der Waals surface area contributed by atoms with Gasteiger partial charge in [0.1, 0.15) is 10.7 Å². The largest absolute Gasteiger partial charge is 0.493 e. The summed E-state index contributed by atoms with van der Waals surface area (Å²) in [6.45, 7) is -0.726. The van der Waals surface area contributed by atoms with Crippen molar-refractivity contribution in [1.29, 1.82) is 0 Å². The average molecular weight is 418 g/mol. The van der Waals surface area contributed by atoms with Gasteiger partial charge in [-0.3, -0.25) is 4.79 Å². The van der Waals surface area contributed by atoms with E-state index in [0.717, 1.165) is 29.7 Å². The highest BCUT2D eigenvalue weighted by atomic mass is 32.1. The van der Waals surface area contributed by atoms with Crippen LogP contribution in [-0.4, -0.2) is 23.7 Å². The summed E-state index contributed by atoms with van der Waals surface area (Å²) in [5.74, 6) is 1.20. The SMILES string of the molecule is COc1ccc(/C=C/c2nc3sc4c(c3c(=O)[nH]2)CC[C@@H](C)C4)cc1OC(F)F. The molecule has 0 aliphatic heterocycles. The van der Waals surface area contributed by atoms with Crippen molar-refractivity contribution in [2.75, 3.05) is 7.11 Å². The van der Waals surface area contributed by atoms with Crippen LogP contribution in [0.3, 0.4) is 0 Å². The maximum atomic E-state index is 12.6. The predicted octanol–water partition coefficient (Wildman–Crippen LogP) is 4.89. The fraction of sp³-hybridized carbons (Fsp3) is 0.333. The summed E-state index contributed by atoms with van der Waals surface area (Å²) < 4.78 is 34.7. The van der Waals surface area contributed by atoms with Gasteiger partial charge in [-0.05, 0) is 54.5 Å². The number of ether oxygens (including phenoxy) is 2. The molecule has 1 aliphatic carbocycles. The van der Waals surface area contributed by atoms with E-state index in [1.807, 2.05) is 0 Å². The van der Waals surface area contributed by atoms with E-state index in [-0.39, 0.29) is 17.1 Å². The van der Waals surface area contributed by atoms with Crippen molar-refractivity contribution in [1.82, 2.24) is 9.97 Å². The molecule has 3 aromatic rings. The van der Waals surface area contributed by atoms with Gasteiger partial charge in [0.15, 0.2) is 11.5 Å². The molecule has 152 valence electrons. The number of aromatic nitrogens is 2. The molecule has 4 rings (SSSR count). The first kappa shape index (κ1) is 19.6. The lowest BCUT2D eigenvalue weighted by atomic mass is 9.89. The Bertz CT molecular complexity index is 1140. The van der Waals surface area contributed by atoms with Gasteiger partial charge in [-0.25, -0.2) is 4.98 Å². The maximum Gasteiger partial charge on any atom is 0.387 e. The summed E-state index contributed by atoms with van der Waals surface area (Å²) in [7, 11) is 1.38. The number of rotatable bonds is 5. The maximum absolute atomic E-state index is 12.6. The summed E-state index contributed by atoms with van der Waals surface area (Å²) in [6.07, 6.45) is 6.31. The van der Waals surface area contributed by atoms with Crippen LogP contribution >= 0.6 is 11.3 Å². The van der Waals surface area contributed by atoms with Gasteiger partial charge in [0.2, 0.25) is 0 Å². The minimum Gasteiger partial charge on any atom is -0.493 e. The topological polar surface area (TPSA) is 64.2 Å². The van der Waals surface area contributed by atoms with Gasteiger partial charge in [0.05, 0.1) is 12.5 Å². The Morgan fingerprint density at radius 2 is 2.14 bits per heavy atom. The highest BCUT2D eigenvalue weighted by molar-refractivity contribution is 7.18. The molecule has 0 radical (unpaired) electrons. The number of fused-ring (bicyclic) bond motifs is 3. The number of benzene rings is 1. The van der Waals surface area contributed by atoms with Gasteiger partial charge >= 0.3 is 6.61 Å². The molecule has 29 heavy (non-hydrogen) atoms. The summed E-state index contributed by atoms with van der Waals surface area (Å²) >= 11 is 1.58. The predicted molar refractivity (Wildman–Crippen MR) is 110 cm³/mol. The smallest absolute Gasteiger partial charge is 0.387 e. The molecule has 0 unspecified atom stereocenters. The third-order valence-corrected chi connectivity index (χ3v) is 6.17. The van der Waals surface area contributed by atoms with Crippen LogP contribution in [0.5, 0.6) is 11.5 Å². The first-order chi connectivity index (χ1) is 13.9. The lowest BCUT2D eigenvalue weighted by molar-refractivity contribution is -0.0512. The molecule has 1 aromatic carbocycles. The number of H-pyrrole nitrogens is 1. The van der Waals surface area contributed by atoms with Crippen LogP contribution in [0.4, 0.5) is 8.78 Å². The number of aromatic amines is 1. The van der Waals surface area contributed by atoms with E-state index in [2.05, 4.69) is 21.6 Å². The van der Waals surface area contributed by atoms with Crippen LogP contribution in [0.2, 0.25) is 0 Å². The first-order valence-electron chi connectivity index (χ1n) is 9.30. The number of hydrogen-bond acceptors (Lipinski definition) is 5. The molecule has 0 amide bonds. The van der Waals surface area contributed by atoms with Gasteiger partial charge in [-0.2, -0.15) is 8.78 Å². The van der Waals surface area contributed by atoms with Crippen molar-refractivity contribution in [2.45, 2.75) is 32.8 Å². The van der Waals surface area contributed by atoms with Gasteiger partial charge in [-0.15, -0.1) is 11.3 Å². The van der Waals surface area contributed by atoms with Gasteiger partial charge in [0.25, 0.3) is 5.56 Å². The van der Waals surface area contributed by atoms with Crippen LogP contribution in [0, 0.1) is 5.92 Å². The summed E-state index contributed by atoms with van der Waals surface area (Å²) in [6, 6.07) is 4.70. The third-order valence-electron chi connectivity index (χ3n) is 5.02. The second kappa shape index (κ2) is 7.94. The second-order valence-electron chi connectivity index (χ2n) is 7.11. The van der Waals surface area contributed by atoms with E-state index in [1.165, 1.54) is 18.1 Å². The lowest BCUT2D eigenvalue weighted by Gasteiger charge is -2.17. The molecule has 2 aromatic heterocycles. The molecule has 1 atom stereocenters. The highest BCUT2D eigenvalue weighted by Crippen LogP contribution is 2.35. The zero-order valence-corrected chi connectivity index (χ0v) is 16.8. The Balaban J connectivity index is 1.66. The van der Waals surface area contributed by atoms with Gasteiger partial charge in [0, 0.05) is 4.88 Å². The Hall–Kier alpha value is -2.74. The molecular weight excluding hydrogens is 398 g/mol. The van der Waals surface area contributed by atoms with Gasteiger partial charge < -0.3 is 14.5 Å². The monoisotopic (exact) mass is 418 g/mol. The summed E-state index contributed by atoms with van der Waals surface area (Å²) in [4.78, 5) is 22.0. The Kier molecular flexibility index (Phi) is 5.36. The normalized spacial score (nSPS) is 16.5. The van der Waals surface area contributed by atoms with Crippen LogP contribution < -0.4 is 15.0 Å². The minimum absolute atomic E-state index is 0.0541. The molecule has 1 N–H and O–H groups in total. The van der Waals surface area contributed by atoms with E-state index in [1.54, 1.807) is 35.6 Å². The van der Waals surface area contributed by atoms with E-state index >= 15 is 0 Å². The van der Waals surface area contributed by atoms with Crippen molar-refractivity contribution in [2.24, 2.45) is 5.92 Å². The zero-order valence-electron chi connectivity index (χ0n) is 16.0. The number of methoxy groups -OCH3 is 1. The minimum atomic E-state index is -2.95. The molecule has 8 heteroatoms. The van der Waals surface area contributed by atoms with E-state index < -0.39 is 6.61 Å². The fourth-order valence-corrected chi connectivity index (χ4v) is 5.00. The molecule has 2 heterocycles. The standard InChI is InChI=1S/C21H20F2N2O3S/c1-11-3-6-13-16(9-11)29-20-18(13)19(26)24-17(25-20)8-5-12-4-7-14(27-2)15(10-12)28-21(22)23/h4-5,7-8,10-11,21H,3,6,9H2,1-2H3,(H,24,25,26)/b8-5+/t11-/m1/s1. The lowest BCUT2D eigenvalue weighted by Crippen LogP contribution is -2.13. The van der Waals surface area contributed by atoms with Crippen molar-refractivity contribution in [3.8, 4) is 11.5 Å². The zero-order chi connectivity index (χ0) is 20.5. The second-order valence-corrected chi connectivity index (χ2v) is 8.19. The third kappa shape index (κ3) is 4.03. The number of aryl methyl sites for hydroxylation is 1. The molecule has 5 nitrogen and oxygen atoms in total. The molecule has 0 spiro atoms. The summed E-state index contributed by atoms with van der Waals surface area (Å²) in [5.41, 5.74) is 1.61. The van der Waals surface area contributed by atoms with Crippen LogP contribution in [0.25, 0.3) is 22.4 Å².